The summed E-state index contributed by atoms with van der Waals surface area (Å²) in [7, 11) is 0. The van der Waals surface area contributed by atoms with Crippen molar-refractivity contribution in [2.45, 2.75) is 50.9 Å². The van der Waals surface area contributed by atoms with E-state index >= 15 is 0 Å². The normalized spacial score (nSPS) is 17.4. The van der Waals surface area contributed by atoms with Gasteiger partial charge in [-0.1, -0.05) is 80.6 Å². The molecule has 4 heteroatoms. The van der Waals surface area contributed by atoms with Crippen LogP contribution in [0, 0.1) is 11.8 Å². The standard InChI is InChI=1S/C25H28O4/c26-24(15-18(25(27)28)14-17-8-2-1-3-9-17)29-16-23-21-12-6-4-10-19(21)20-11-5-7-13-22(20)23/h4-7,10-13,17-18,23H,1-3,8-9,14-16H2,(H,27,28)/t18-/m0/s1. The molecule has 0 unspecified atom stereocenters. The molecule has 29 heavy (non-hydrogen) atoms. The van der Waals surface area contributed by atoms with Crippen LogP contribution in [0.5, 0.6) is 0 Å². The molecule has 2 aliphatic rings. The topological polar surface area (TPSA) is 63.6 Å². The zero-order valence-electron chi connectivity index (χ0n) is 16.7. The SMILES string of the molecule is O=C(C[C@H](CC1CCCCC1)C(=O)O)OCC1c2ccccc2-c2ccccc21. The van der Waals surface area contributed by atoms with Crippen LogP contribution in [0.25, 0.3) is 11.1 Å². The molecule has 1 saturated carbocycles. The summed E-state index contributed by atoms with van der Waals surface area (Å²) in [5, 5.41) is 9.59. The van der Waals surface area contributed by atoms with E-state index < -0.39 is 17.9 Å². The van der Waals surface area contributed by atoms with Crippen LogP contribution in [0.1, 0.15) is 62.0 Å². The van der Waals surface area contributed by atoms with E-state index in [2.05, 4.69) is 24.3 Å². The Balaban J connectivity index is 1.39. The molecule has 0 spiro atoms. The van der Waals surface area contributed by atoms with Crippen molar-refractivity contribution in [3.8, 4) is 11.1 Å². The van der Waals surface area contributed by atoms with Gasteiger partial charge in [-0.15, -0.1) is 0 Å². The lowest BCUT2D eigenvalue weighted by molar-refractivity contribution is -0.152. The van der Waals surface area contributed by atoms with Gasteiger partial charge >= 0.3 is 11.9 Å². The molecule has 1 atom stereocenters. The predicted octanol–water partition coefficient (Wildman–Crippen LogP) is 5.40. The van der Waals surface area contributed by atoms with Gasteiger partial charge in [0, 0.05) is 5.92 Å². The molecule has 0 radical (unpaired) electrons. The molecule has 2 aromatic carbocycles. The number of esters is 1. The highest BCUT2D eigenvalue weighted by atomic mass is 16.5. The van der Waals surface area contributed by atoms with Gasteiger partial charge < -0.3 is 9.84 Å². The van der Waals surface area contributed by atoms with Crippen molar-refractivity contribution in [2.24, 2.45) is 11.8 Å². The maximum absolute atomic E-state index is 12.5. The Kier molecular flexibility index (Phi) is 5.98. The average Bonchev–Trinajstić information content (AvgIpc) is 3.06. The van der Waals surface area contributed by atoms with Gasteiger partial charge in [0.1, 0.15) is 6.61 Å². The van der Waals surface area contributed by atoms with Crippen LogP contribution in [0.3, 0.4) is 0 Å². The predicted molar refractivity (Wildman–Crippen MR) is 112 cm³/mol. The first kappa shape index (κ1) is 19.7. The van der Waals surface area contributed by atoms with Gasteiger partial charge in [0.25, 0.3) is 0 Å². The largest absolute Gasteiger partial charge is 0.481 e. The van der Waals surface area contributed by atoms with E-state index in [1.54, 1.807) is 0 Å². The summed E-state index contributed by atoms with van der Waals surface area (Å²) in [5.74, 6) is -1.51. The summed E-state index contributed by atoms with van der Waals surface area (Å²) in [4.78, 5) is 24.2. The third kappa shape index (κ3) is 4.36. The number of carboxylic acid groups (broad SMARTS) is 1. The summed E-state index contributed by atoms with van der Waals surface area (Å²) >= 11 is 0. The number of benzene rings is 2. The van der Waals surface area contributed by atoms with Crippen molar-refractivity contribution < 1.29 is 19.4 Å². The fourth-order valence-corrected chi connectivity index (χ4v) is 4.97. The van der Waals surface area contributed by atoms with Crippen molar-refractivity contribution in [3.05, 3.63) is 59.7 Å². The van der Waals surface area contributed by atoms with Crippen LogP contribution in [0.15, 0.2) is 48.5 Å². The number of fused-ring (bicyclic) bond motifs is 3. The van der Waals surface area contributed by atoms with Gasteiger partial charge in [0.15, 0.2) is 0 Å². The Bertz CT molecular complexity index is 836. The Hall–Kier alpha value is -2.62. The molecule has 0 amide bonds. The number of hydrogen-bond acceptors (Lipinski definition) is 3. The van der Waals surface area contributed by atoms with E-state index in [0.717, 1.165) is 12.8 Å². The molecule has 0 saturated heterocycles. The number of ether oxygens (including phenoxy) is 1. The maximum atomic E-state index is 12.5. The molecule has 4 nitrogen and oxygen atoms in total. The first-order valence-electron chi connectivity index (χ1n) is 10.7. The Labute approximate surface area is 171 Å². The third-order valence-corrected chi connectivity index (χ3v) is 6.48. The van der Waals surface area contributed by atoms with Crippen molar-refractivity contribution in [2.75, 3.05) is 6.61 Å². The van der Waals surface area contributed by atoms with Crippen molar-refractivity contribution in [1.82, 2.24) is 0 Å². The van der Waals surface area contributed by atoms with Crippen LogP contribution >= 0.6 is 0 Å². The van der Waals surface area contributed by atoms with E-state index in [1.165, 1.54) is 41.5 Å². The zero-order valence-corrected chi connectivity index (χ0v) is 16.7. The number of aliphatic carboxylic acids is 1. The van der Waals surface area contributed by atoms with Gasteiger partial charge in [-0.2, -0.15) is 0 Å². The molecule has 4 rings (SSSR count). The smallest absolute Gasteiger partial charge is 0.307 e. The number of carbonyl (C=O) groups is 2. The van der Waals surface area contributed by atoms with Crippen LogP contribution in [-0.2, 0) is 14.3 Å². The highest BCUT2D eigenvalue weighted by molar-refractivity contribution is 5.80. The molecule has 152 valence electrons. The fourth-order valence-electron chi connectivity index (χ4n) is 4.97. The molecule has 1 N–H and O–H groups in total. The summed E-state index contributed by atoms with van der Waals surface area (Å²) in [6, 6.07) is 16.4. The number of rotatable bonds is 7. The average molecular weight is 392 g/mol. The van der Waals surface area contributed by atoms with E-state index in [4.69, 9.17) is 4.74 Å². The molecule has 2 aliphatic carbocycles. The summed E-state index contributed by atoms with van der Waals surface area (Å²) in [6.45, 7) is 0.253. The third-order valence-electron chi connectivity index (χ3n) is 6.48. The Morgan fingerprint density at radius 2 is 1.52 bits per heavy atom. The molecule has 0 bridgehead atoms. The minimum Gasteiger partial charge on any atom is -0.481 e. The molecule has 1 fully saturated rings. The molecular weight excluding hydrogens is 364 g/mol. The molecule has 2 aromatic rings. The van der Waals surface area contributed by atoms with Gasteiger partial charge in [0.2, 0.25) is 0 Å². The van der Waals surface area contributed by atoms with Gasteiger partial charge in [-0.3, -0.25) is 9.59 Å². The maximum Gasteiger partial charge on any atom is 0.307 e. The number of hydrogen-bond donors (Lipinski definition) is 1. The van der Waals surface area contributed by atoms with Crippen LogP contribution in [0.2, 0.25) is 0 Å². The number of carboxylic acids is 1. The first-order chi connectivity index (χ1) is 14.1. The lowest BCUT2D eigenvalue weighted by atomic mass is 9.82. The van der Waals surface area contributed by atoms with Gasteiger partial charge in [-0.05, 0) is 34.6 Å². The summed E-state index contributed by atoms with van der Waals surface area (Å²) in [6.07, 6.45) is 6.27. The minimum absolute atomic E-state index is 0.00738. The van der Waals surface area contributed by atoms with Crippen LogP contribution in [-0.4, -0.2) is 23.7 Å². The van der Waals surface area contributed by atoms with E-state index in [9.17, 15) is 14.7 Å². The quantitative estimate of drug-likeness (QED) is 0.641. The summed E-state index contributed by atoms with van der Waals surface area (Å²) in [5.41, 5.74) is 4.70. The Morgan fingerprint density at radius 3 is 2.10 bits per heavy atom. The molecule has 0 heterocycles. The van der Waals surface area contributed by atoms with Gasteiger partial charge in [0.05, 0.1) is 12.3 Å². The second kappa shape index (κ2) is 8.81. The second-order valence-corrected chi connectivity index (χ2v) is 8.39. The van der Waals surface area contributed by atoms with E-state index in [0.29, 0.717) is 12.3 Å². The second-order valence-electron chi connectivity index (χ2n) is 8.39. The first-order valence-corrected chi connectivity index (χ1v) is 10.7. The molecule has 0 aliphatic heterocycles. The zero-order chi connectivity index (χ0) is 20.2. The van der Waals surface area contributed by atoms with E-state index in [-0.39, 0.29) is 18.9 Å². The van der Waals surface area contributed by atoms with Crippen LogP contribution in [0.4, 0.5) is 0 Å². The highest BCUT2D eigenvalue weighted by Gasteiger charge is 2.30. The van der Waals surface area contributed by atoms with Crippen molar-refractivity contribution in [1.29, 1.82) is 0 Å². The Morgan fingerprint density at radius 1 is 0.931 bits per heavy atom. The van der Waals surface area contributed by atoms with Crippen LogP contribution < -0.4 is 0 Å². The lowest BCUT2D eigenvalue weighted by Crippen LogP contribution is -2.24. The fraction of sp³-hybridized carbons (Fsp3) is 0.440. The lowest BCUT2D eigenvalue weighted by Gasteiger charge is -2.24. The monoisotopic (exact) mass is 392 g/mol. The molecule has 0 aromatic heterocycles. The number of carbonyl (C=O) groups excluding carboxylic acids is 1. The minimum atomic E-state index is -0.885. The molecular formula is C25H28O4. The van der Waals surface area contributed by atoms with E-state index in [1.807, 2.05) is 24.3 Å². The van der Waals surface area contributed by atoms with Gasteiger partial charge in [-0.25, -0.2) is 0 Å². The summed E-state index contributed by atoms with van der Waals surface area (Å²) < 4.78 is 5.61. The highest BCUT2D eigenvalue weighted by Crippen LogP contribution is 2.44. The van der Waals surface area contributed by atoms with Crippen molar-refractivity contribution >= 4 is 11.9 Å². The van der Waals surface area contributed by atoms with Crippen molar-refractivity contribution in [3.63, 3.8) is 0 Å².